The number of rotatable bonds is 7. The molecule has 0 rings (SSSR count). The molecule has 0 bridgehead atoms. The summed E-state index contributed by atoms with van der Waals surface area (Å²) in [5.74, 6) is 0.00258. The number of likely N-dealkylation sites (N-methyl/N-ethyl adjacent to an activating group) is 1. The van der Waals surface area contributed by atoms with Crippen molar-refractivity contribution in [1.29, 1.82) is 0 Å². The molecule has 0 fully saturated rings. The Bertz CT molecular complexity index is 421. The van der Waals surface area contributed by atoms with Crippen LogP contribution in [0.4, 0.5) is 0 Å². The van der Waals surface area contributed by atoms with Crippen LogP contribution in [-0.4, -0.2) is 42.8 Å². The molecule has 1 unspecified atom stereocenters. The molecule has 0 aliphatic rings. The second-order valence-corrected chi connectivity index (χ2v) is 8.84. The van der Waals surface area contributed by atoms with Crippen LogP contribution >= 0.6 is 0 Å². The lowest BCUT2D eigenvalue weighted by molar-refractivity contribution is -0.137. The molecule has 22 heavy (non-hydrogen) atoms. The van der Waals surface area contributed by atoms with Crippen molar-refractivity contribution in [2.24, 2.45) is 16.2 Å². The summed E-state index contributed by atoms with van der Waals surface area (Å²) in [5.41, 5.74) is -1.56. The van der Waals surface area contributed by atoms with E-state index in [-0.39, 0.29) is 22.8 Å². The first kappa shape index (κ1) is 21.1. The van der Waals surface area contributed by atoms with E-state index in [1.54, 1.807) is 0 Å². The minimum Gasteiger partial charge on any atom is -0.349 e. The average molecular weight is 312 g/mol. The van der Waals surface area contributed by atoms with Crippen molar-refractivity contribution in [3.63, 3.8) is 0 Å². The third kappa shape index (κ3) is 3.53. The van der Waals surface area contributed by atoms with Crippen LogP contribution in [0, 0.1) is 16.2 Å². The van der Waals surface area contributed by atoms with E-state index in [2.05, 4.69) is 33.0 Å². The quantitative estimate of drug-likeness (QED) is 0.735. The molecule has 1 atom stereocenters. The fourth-order valence-corrected chi connectivity index (χ4v) is 2.54. The van der Waals surface area contributed by atoms with Crippen LogP contribution in [0.15, 0.2) is 0 Å². The first-order valence-electron chi connectivity index (χ1n) is 8.00. The van der Waals surface area contributed by atoms with Gasteiger partial charge in [-0.05, 0) is 45.7 Å². The highest BCUT2D eigenvalue weighted by molar-refractivity contribution is 5.82. The van der Waals surface area contributed by atoms with Gasteiger partial charge in [-0.3, -0.25) is 9.69 Å². The Morgan fingerprint density at radius 3 is 1.68 bits per heavy atom. The van der Waals surface area contributed by atoms with Gasteiger partial charge in [0.15, 0.2) is 0 Å². The highest BCUT2D eigenvalue weighted by Crippen LogP contribution is 2.55. The van der Waals surface area contributed by atoms with Crippen molar-refractivity contribution in [2.45, 2.75) is 73.9 Å². The maximum Gasteiger partial charge on any atom is 0.237 e. The molecule has 4 heteroatoms. The third-order valence-corrected chi connectivity index (χ3v) is 6.62. The van der Waals surface area contributed by atoms with E-state index in [0.717, 1.165) is 6.29 Å². The number of hydrogen-bond acceptors (Lipinski definition) is 3. The van der Waals surface area contributed by atoms with E-state index < -0.39 is 11.0 Å². The van der Waals surface area contributed by atoms with Crippen LogP contribution in [0.2, 0.25) is 0 Å². The van der Waals surface area contributed by atoms with E-state index >= 15 is 0 Å². The fraction of sp³-hybridized carbons (Fsp3) is 0.889. The van der Waals surface area contributed by atoms with E-state index in [4.69, 9.17) is 0 Å². The van der Waals surface area contributed by atoms with Gasteiger partial charge >= 0.3 is 0 Å². The maximum absolute atomic E-state index is 12.5. The molecule has 4 nitrogen and oxygen atoms in total. The molecule has 1 N–H and O–H groups in total. The molecule has 0 saturated carbocycles. The van der Waals surface area contributed by atoms with Gasteiger partial charge in [-0.1, -0.05) is 41.5 Å². The smallest absolute Gasteiger partial charge is 0.237 e. The van der Waals surface area contributed by atoms with Crippen molar-refractivity contribution in [3.05, 3.63) is 0 Å². The van der Waals surface area contributed by atoms with Crippen molar-refractivity contribution >= 4 is 12.2 Å². The van der Waals surface area contributed by atoms with Crippen LogP contribution < -0.4 is 5.32 Å². The fourth-order valence-electron chi connectivity index (χ4n) is 2.54. The van der Waals surface area contributed by atoms with Crippen LogP contribution in [0.3, 0.4) is 0 Å². The Labute approximate surface area is 137 Å². The average Bonchev–Trinajstić information content (AvgIpc) is 2.36. The summed E-state index contributed by atoms with van der Waals surface area (Å²) in [5, 5.41) is 3.18. The van der Waals surface area contributed by atoms with Crippen LogP contribution in [0.5, 0.6) is 0 Å². The monoisotopic (exact) mass is 312 g/mol. The number of carbonyl (C=O) groups is 2. The first-order chi connectivity index (χ1) is 9.55. The molecule has 0 aliphatic carbocycles. The lowest BCUT2D eigenvalue weighted by Crippen LogP contribution is -2.64. The zero-order chi connectivity index (χ0) is 18.1. The van der Waals surface area contributed by atoms with E-state index in [0.29, 0.717) is 0 Å². The predicted molar refractivity (Wildman–Crippen MR) is 92.8 cm³/mol. The molecule has 0 heterocycles. The van der Waals surface area contributed by atoms with Gasteiger partial charge in [-0.2, -0.15) is 0 Å². The zero-order valence-electron chi connectivity index (χ0n) is 16.4. The molecular weight excluding hydrogens is 276 g/mol. The summed E-state index contributed by atoms with van der Waals surface area (Å²) in [6.45, 7) is 18.3. The lowest BCUT2D eigenvalue weighted by atomic mass is 9.50. The molecule has 0 aliphatic heterocycles. The molecule has 0 aromatic carbocycles. The Hall–Kier alpha value is -0.900. The van der Waals surface area contributed by atoms with Crippen molar-refractivity contribution < 1.29 is 9.59 Å². The van der Waals surface area contributed by atoms with E-state index in [1.807, 2.05) is 53.6 Å². The van der Waals surface area contributed by atoms with E-state index in [1.165, 1.54) is 0 Å². The van der Waals surface area contributed by atoms with Crippen molar-refractivity contribution in [1.82, 2.24) is 10.2 Å². The molecule has 0 aromatic rings. The summed E-state index contributed by atoms with van der Waals surface area (Å²) in [6, 6.07) is -0.197. The normalized spacial score (nSPS) is 15.6. The zero-order valence-corrected chi connectivity index (χ0v) is 16.4. The van der Waals surface area contributed by atoms with Gasteiger partial charge in [-0.25, -0.2) is 0 Å². The molecule has 0 saturated heterocycles. The van der Waals surface area contributed by atoms with E-state index in [9.17, 15) is 9.59 Å². The minimum atomic E-state index is -0.494. The number of aldehydes is 1. The molecule has 0 radical (unpaired) electrons. The minimum absolute atomic E-state index is 0.00258. The number of nitrogens with one attached hydrogen (secondary N) is 1. The van der Waals surface area contributed by atoms with Gasteiger partial charge in [0.2, 0.25) is 5.91 Å². The standard InChI is InChI=1S/C18H36N2O2/c1-13(20(10)11)14(22)19-18(8,9)17(6,7)16(4,5)15(2,3)12-21/h12-13H,1-11H3,(H,19,22). The Balaban J connectivity index is 5.59. The van der Waals surface area contributed by atoms with Crippen molar-refractivity contribution in [2.75, 3.05) is 14.1 Å². The second kappa shape index (κ2) is 6.31. The van der Waals surface area contributed by atoms with Gasteiger partial charge in [0.25, 0.3) is 0 Å². The van der Waals surface area contributed by atoms with Crippen molar-refractivity contribution in [3.8, 4) is 0 Å². The molecule has 0 aromatic heterocycles. The van der Waals surface area contributed by atoms with Gasteiger partial charge < -0.3 is 10.1 Å². The number of hydrogen-bond donors (Lipinski definition) is 1. The Morgan fingerprint density at radius 2 is 1.36 bits per heavy atom. The third-order valence-electron chi connectivity index (χ3n) is 6.62. The predicted octanol–water partition coefficient (Wildman–Crippen LogP) is 3.11. The highest BCUT2D eigenvalue weighted by Gasteiger charge is 2.55. The summed E-state index contributed by atoms with van der Waals surface area (Å²) in [7, 11) is 3.78. The summed E-state index contributed by atoms with van der Waals surface area (Å²) < 4.78 is 0. The van der Waals surface area contributed by atoms with Gasteiger partial charge in [0.1, 0.15) is 6.29 Å². The molecule has 0 spiro atoms. The number of amides is 1. The van der Waals surface area contributed by atoms with Gasteiger partial charge in [-0.15, -0.1) is 0 Å². The number of carbonyl (C=O) groups excluding carboxylic acids is 2. The first-order valence-corrected chi connectivity index (χ1v) is 8.00. The second-order valence-electron chi connectivity index (χ2n) is 8.84. The Morgan fingerprint density at radius 1 is 0.955 bits per heavy atom. The largest absolute Gasteiger partial charge is 0.349 e. The molecule has 1 amide bonds. The van der Waals surface area contributed by atoms with Crippen LogP contribution in [0.25, 0.3) is 0 Å². The summed E-state index contributed by atoms with van der Waals surface area (Å²) in [4.78, 5) is 25.9. The van der Waals surface area contributed by atoms with Crippen LogP contribution in [0.1, 0.15) is 62.3 Å². The van der Waals surface area contributed by atoms with Gasteiger partial charge in [0.05, 0.1) is 6.04 Å². The summed E-state index contributed by atoms with van der Waals surface area (Å²) in [6.07, 6.45) is 1.02. The number of nitrogens with zero attached hydrogens (tertiary/aromatic N) is 1. The Kier molecular flexibility index (Phi) is 6.05. The van der Waals surface area contributed by atoms with Crippen LogP contribution in [-0.2, 0) is 9.59 Å². The SMILES string of the molecule is CC(C(=O)NC(C)(C)C(C)(C)C(C)(C)C(C)(C)C=O)N(C)C. The topological polar surface area (TPSA) is 49.4 Å². The lowest BCUT2D eigenvalue weighted by Gasteiger charge is -2.57. The highest BCUT2D eigenvalue weighted by atomic mass is 16.2. The molecule has 130 valence electrons. The summed E-state index contributed by atoms with van der Waals surface area (Å²) >= 11 is 0. The maximum atomic E-state index is 12.5. The van der Waals surface area contributed by atoms with Gasteiger partial charge in [0, 0.05) is 11.0 Å². The molecular formula is C18H36N2O2.